The highest BCUT2D eigenvalue weighted by Crippen LogP contribution is 2.11. The monoisotopic (exact) mass is 249 g/mol. The molecule has 1 rings (SSSR count). The molecule has 1 unspecified atom stereocenters. The molecule has 1 atom stereocenters. The molecule has 3 nitrogen and oxygen atoms in total. The zero-order valence-corrected chi connectivity index (χ0v) is 11.7. The van der Waals surface area contributed by atoms with Gasteiger partial charge >= 0.3 is 0 Å². The van der Waals surface area contributed by atoms with Crippen LogP contribution in [-0.2, 0) is 16.1 Å². The summed E-state index contributed by atoms with van der Waals surface area (Å²) in [6.45, 7) is 8.77. The summed E-state index contributed by atoms with van der Waals surface area (Å²) in [6, 6.07) is 6.45. The van der Waals surface area contributed by atoms with E-state index in [0.29, 0.717) is 6.61 Å². The van der Waals surface area contributed by atoms with Crippen LogP contribution in [0.15, 0.2) is 18.2 Å². The molecule has 3 heteroatoms. The summed E-state index contributed by atoms with van der Waals surface area (Å²) in [7, 11) is 0. The average molecular weight is 249 g/mol. The third kappa shape index (κ3) is 4.88. The van der Waals surface area contributed by atoms with Gasteiger partial charge in [0.15, 0.2) is 0 Å². The number of hydrogen-bond acceptors (Lipinski definition) is 2. The van der Waals surface area contributed by atoms with Crippen LogP contribution in [0.3, 0.4) is 0 Å². The summed E-state index contributed by atoms with van der Waals surface area (Å²) in [4.78, 5) is 11.5. The van der Waals surface area contributed by atoms with Crippen molar-refractivity contribution in [3.63, 3.8) is 0 Å². The fourth-order valence-corrected chi connectivity index (χ4v) is 1.68. The highest BCUT2D eigenvalue weighted by molar-refractivity contribution is 5.77. The average Bonchev–Trinajstić information content (AvgIpc) is 2.31. The maximum absolute atomic E-state index is 11.5. The normalized spacial score (nSPS) is 12.2. The number of nitrogens with one attached hydrogen (secondary N) is 1. The molecule has 0 aliphatic heterocycles. The summed E-state index contributed by atoms with van der Waals surface area (Å²) < 4.78 is 5.44. The first-order chi connectivity index (χ1) is 8.52. The van der Waals surface area contributed by atoms with E-state index in [2.05, 4.69) is 37.4 Å². The van der Waals surface area contributed by atoms with Crippen LogP contribution < -0.4 is 5.32 Å². The van der Waals surface area contributed by atoms with Crippen molar-refractivity contribution >= 4 is 5.91 Å². The molecule has 0 saturated carbocycles. The number of aryl methyl sites for hydroxylation is 2. The van der Waals surface area contributed by atoms with E-state index in [1.165, 1.54) is 11.1 Å². The number of hydrogen-bond donors (Lipinski definition) is 1. The molecule has 1 amide bonds. The predicted molar refractivity (Wildman–Crippen MR) is 73.5 cm³/mol. The molecule has 0 spiro atoms. The minimum absolute atomic E-state index is 0.0471. The molecule has 100 valence electrons. The third-order valence-electron chi connectivity index (χ3n) is 3.01. The molecule has 0 radical (unpaired) electrons. The van der Waals surface area contributed by atoms with Crippen molar-refractivity contribution in [3.8, 4) is 0 Å². The highest BCUT2D eigenvalue weighted by atomic mass is 16.5. The van der Waals surface area contributed by atoms with E-state index < -0.39 is 0 Å². The maximum Gasteiger partial charge on any atom is 0.246 e. The van der Waals surface area contributed by atoms with Gasteiger partial charge in [0.2, 0.25) is 5.91 Å². The van der Waals surface area contributed by atoms with Gasteiger partial charge in [-0.25, -0.2) is 0 Å². The van der Waals surface area contributed by atoms with E-state index in [0.717, 1.165) is 12.0 Å². The smallest absolute Gasteiger partial charge is 0.246 e. The molecular formula is C15H23NO2. The minimum Gasteiger partial charge on any atom is -0.367 e. The fourth-order valence-electron chi connectivity index (χ4n) is 1.68. The Bertz CT molecular complexity index is 401. The lowest BCUT2D eigenvalue weighted by Crippen LogP contribution is -2.34. The van der Waals surface area contributed by atoms with Crippen molar-refractivity contribution in [2.45, 2.75) is 46.8 Å². The van der Waals surface area contributed by atoms with Crippen LogP contribution in [0.4, 0.5) is 0 Å². The van der Waals surface area contributed by atoms with E-state index in [-0.39, 0.29) is 18.6 Å². The molecule has 1 aromatic carbocycles. The van der Waals surface area contributed by atoms with E-state index in [1.54, 1.807) is 0 Å². The molecule has 1 aromatic rings. The van der Waals surface area contributed by atoms with E-state index in [1.807, 2.05) is 13.8 Å². The van der Waals surface area contributed by atoms with Gasteiger partial charge in [0.1, 0.15) is 6.61 Å². The van der Waals surface area contributed by atoms with Crippen molar-refractivity contribution in [2.75, 3.05) is 6.61 Å². The number of carbonyl (C=O) groups is 1. The molecule has 0 saturated heterocycles. The Morgan fingerprint density at radius 1 is 1.39 bits per heavy atom. The van der Waals surface area contributed by atoms with Gasteiger partial charge in [-0.15, -0.1) is 0 Å². The van der Waals surface area contributed by atoms with E-state index in [9.17, 15) is 4.79 Å². The minimum atomic E-state index is -0.0471. The van der Waals surface area contributed by atoms with Crippen LogP contribution in [0.1, 0.15) is 37.0 Å². The first kappa shape index (κ1) is 14.7. The number of rotatable bonds is 6. The lowest BCUT2D eigenvalue weighted by molar-refractivity contribution is -0.126. The molecule has 0 aliphatic carbocycles. The highest BCUT2D eigenvalue weighted by Gasteiger charge is 2.06. The van der Waals surface area contributed by atoms with Gasteiger partial charge < -0.3 is 10.1 Å². The van der Waals surface area contributed by atoms with Crippen LogP contribution in [0.2, 0.25) is 0 Å². The zero-order chi connectivity index (χ0) is 13.5. The van der Waals surface area contributed by atoms with E-state index in [4.69, 9.17) is 4.74 Å². The summed E-state index contributed by atoms with van der Waals surface area (Å²) in [5, 5.41) is 2.88. The molecular weight excluding hydrogens is 226 g/mol. The Morgan fingerprint density at radius 2 is 2.11 bits per heavy atom. The van der Waals surface area contributed by atoms with Gasteiger partial charge in [-0.2, -0.15) is 0 Å². The lowest BCUT2D eigenvalue weighted by Gasteiger charge is -2.12. The number of benzene rings is 1. The largest absolute Gasteiger partial charge is 0.367 e. The Labute approximate surface area is 110 Å². The summed E-state index contributed by atoms with van der Waals surface area (Å²) in [5.41, 5.74) is 3.58. The summed E-state index contributed by atoms with van der Waals surface area (Å²) in [6.07, 6.45) is 0.933. The second kappa shape index (κ2) is 7.17. The van der Waals surface area contributed by atoms with E-state index >= 15 is 0 Å². The van der Waals surface area contributed by atoms with Crippen molar-refractivity contribution in [2.24, 2.45) is 0 Å². The Morgan fingerprint density at radius 3 is 2.72 bits per heavy atom. The quantitative estimate of drug-likeness (QED) is 0.842. The van der Waals surface area contributed by atoms with Gasteiger partial charge in [0, 0.05) is 6.04 Å². The summed E-state index contributed by atoms with van der Waals surface area (Å²) in [5.74, 6) is -0.0471. The topological polar surface area (TPSA) is 38.3 Å². The molecule has 0 fully saturated rings. The molecule has 1 N–H and O–H groups in total. The first-order valence-corrected chi connectivity index (χ1v) is 6.46. The Hall–Kier alpha value is -1.35. The van der Waals surface area contributed by atoms with Crippen LogP contribution in [0.25, 0.3) is 0 Å². The molecule has 18 heavy (non-hydrogen) atoms. The molecule has 0 heterocycles. The zero-order valence-electron chi connectivity index (χ0n) is 11.7. The third-order valence-corrected chi connectivity index (χ3v) is 3.01. The molecule has 0 aromatic heterocycles. The van der Waals surface area contributed by atoms with Gasteiger partial charge in [-0.1, -0.05) is 30.7 Å². The first-order valence-electron chi connectivity index (χ1n) is 6.46. The van der Waals surface area contributed by atoms with Gasteiger partial charge in [0.25, 0.3) is 0 Å². The lowest BCUT2D eigenvalue weighted by atomic mass is 10.1. The van der Waals surface area contributed by atoms with Crippen molar-refractivity contribution in [1.29, 1.82) is 0 Å². The maximum atomic E-state index is 11.5. The summed E-state index contributed by atoms with van der Waals surface area (Å²) >= 11 is 0. The van der Waals surface area contributed by atoms with Gasteiger partial charge in [-0.05, 0) is 38.3 Å². The Kier molecular flexibility index (Phi) is 5.86. The van der Waals surface area contributed by atoms with Crippen LogP contribution in [0, 0.1) is 13.8 Å². The van der Waals surface area contributed by atoms with Crippen molar-refractivity contribution in [1.82, 2.24) is 5.32 Å². The standard InChI is InChI=1S/C15H23NO2/c1-5-13(4)16-15(17)10-18-9-14-7-6-11(2)8-12(14)3/h6-8,13H,5,9-10H2,1-4H3,(H,16,17). The van der Waals surface area contributed by atoms with Crippen LogP contribution in [-0.4, -0.2) is 18.6 Å². The van der Waals surface area contributed by atoms with Crippen LogP contribution >= 0.6 is 0 Å². The number of ether oxygens (including phenoxy) is 1. The SMILES string of the molecule is CCC(C)NC(=O)COCc1ccc(C)cc1C. The van der Waals surface area contributed by atoms with Crippen molar-refractivity contribution < 1.29 is 9.53 Å². The second-order valence-electron chi connectivity index (χ2n) is 4.80. The number of amides is 1. The fraction of sp³-hybridized carbons (Fsp3) is 0.533. The van der Waals surface area contributed by atoms with Gasteiger partial charge in [-0.3, -0.25) is 4.79 Å². The molecule has 0 aliphatic rings. The second-order valence-corrected chi connectivity index (χ2v) is 4.80. The number of carbonyl (C=O) groups excluding carboxylic acids is 1. The van der Waals surface area contributed by atoms with Crippen LogP contribution in [0.5, 0.6) is 0 Å². The van der Waals surface area contributed by atoms with Crippen molar-refractivity contribution in [3.05, 3.63) is 34.9 Å². The Balaban J connectivity index is 2.35. The predicted octanol–water partition coefficient (Wildman–Crippen LogP) is 2.73. The molecule has 0 bridgehead atoms. The van der Waals surface area contributed by atoms with Gasteiger partial charge in [0.05, 0.1) is 6.61 Å².